The van der Waals surface area contributed by atoms with Crippen LogP contribution in [0.4, 0.5) is 5.69 Å². The molecule has 0 heterocycles. The average molecular weight is 311 g/mol. The molecule has 2 aromatic carbocycles. The van der Waals surface area contributed by atoms with Gasteiger partial charge in [0.1, 0.15) is 5.75 Å². The first-order valence-electron chi connectivity index (χ1n) is 7.05. The Labute approximate surface area is 134 Å². The highest BCUT2D eigenvalue weighted by atomic mass is 16.5. The van der Waals surface area contributed by atoms with Gasteiger partial charge in [0.2, 0.25) is 0 Å². The number of anilines is 1. The Morgan fingerprint density at radius 3 is 2.57 bits per heavy atom. The van der Waals surface area contributed by atoms with Gasteiger partial charge in [-0.1, -0.05) is 36.4 Å². The van der Waals surface area contributed by atoms with Crippen molar-refractivity contribution in [3.05, 3.63) is 72.3 Å². The van der Waals surface area contributed by atoms with E-state index in [9.17, 15) is 9.59 Å². The van der Waals surface area contributed by atoms with Crippen LogP contribution in [0.3, 0.4) is 0 Å². The number of para-hydroxylation sites is 2. The monoisotopic (exact) mass is 311 g/mol. The lowest BCUT2D eigenvalue weighted by atomic mass is 10.1. The third-order valence-corrected chi connectivity index (χ3v) is 3.13. The van der Waals surface area contributed by atoms with Crippen molar-refractivity contribution in [2.45, 2.75) is 6.42 Å². The van der Waals surface area contributed by atoms with E-state index < -0.39 is 11.9 Å². The first-order chi connectivity index (χ1) is 11.1. The maximum absolute atomic E-state index is 12.0. The van der Waals surface area contributed by atoms with Crippen LogP contribution in [0.1, 0.15) is 15.9 Å². The lowest BCUT2D eigenvalue weighted by Gasteiger charge is -2.11. The number of nitrogens with one attached hydrogen (secondary N) is 1. The molecule has 118 valence electrons. The van der Waals surface area contributed by atoms with Crippen molar-refractivity contribution in [1.29, 1.82) is 0 Å². The van der Waals surface area contributed by atoms with E-state index in [1.807, 2.05) is 18.2 Å². The number of carboxylic acid groups (broad SMARTS) is 1. The van der Waals surface area contributed by atoms with E-state index in [0.29, 0.717) is 12.2 Å². The van der Waals surface area contributed by atoms with Crippen LogP contribution in [0.15, 0.2) is 61.2 Å². The molecule has 0 atom stereocenters. The van der Waals surface area contributed by atoms with Crippen molar-refractivity contribution < 1.29 is 19.4 Å². The third kappa shape index (κ3) is 4.44. The average Bonchev–Trinajstić information content (AvgIpc) is 2.54. The predicted molar refractivity (Wildman–Crippen MR) is 87.9 cm³/mol. The number of carbonyl (C=O) groups is 2. The Hall–Kier alpha value is -3.08. The van der Waals surface area contributed by atoms with Gasteiger partial charge in [-0.2, -0.15) is 0 Å². The van der Waals surface area contributed by atoms with Gasteiger partial charge in [-0.15, -0.1) is 6.58 Å². The molecule has 0 aromatic heterocycles. The van der Waals surface area contributed by atoms with Crippen molar-refractivity contribution in [3.8, 4) is 5.75 Å². The summed E-state index contributed by atoms with van der Waals surface area (Å²) in [5, 5.41) is 11.6. The molecule has 0 unspecified atom stereocenters. The summed E-state index contributed by atoms with van der Waals surface area (Å²) >= 11 is 0. The minimum Gasteiger partial charge on any atom is -0.483 e. The summed E-state index contributed by atoms with van der Waals surface area (Å²) in [4.78, 5) is 23.1. The third-order valence-electron chi connectivity index (χ3n) is 3.13. The lowest BCUT2D eigenvalue weighted by molar-refractivity contribution is -0.118. The Morgan fingerprint density at radius 2 is 1.83 bits per heavy atom. The maximum Gasteiger partial charge on any atom is 0.337 e. The molecule has 2 rings (SSSR count). The highest BCUT2D eigenvalue weighted by molar-refractivity contribution is 6.00. The number of carboxylic acids is 1. The van der Waals surface area contributed by atoms with E-state index in [0.717, 1.165) is 5.56 Å². The molecule has 23 heavy (non-hydrogen) atoms. The highest BCUT2D eigenvalue weighted by Crippen LogP contribution is 2.19. The zero-order valence-electron chi connectivity index (χ0n) is 12.5. The second kappa shape index (κ2) is 7.79. The second-order valence-corrected chi connectivity index (χ2v) is 4.79. The van der Waals surface area contributed by atoms with Gasteiger partial charge in [0.05, 0.1) is 11.3 Å². The van der Waals surface area contributed by atoms with Crippen molar-refractivity contribution in [1.82, 2.24) is 0 Å². The standard InChI is InChI=1S/C18H17NO4/c1-2-7-13-8-3-6-11-16(13)23-12-17(20)19-15-10-5-4-9-14(15)18(21)22/h2-6,8-11H,1,7,12H2,(H,19,20)(H,21,22). The van der Waals surface area contributed by atoms with Crippen LogP contribution in [0, 0.1) is 0 Å². The maximum atomic E-state index is 12.0. The van der Waals surface area contributed by atoms with Crippen molar-refractivity contribution in [2.75, 3.05) is 11.9 Å². The molecule has 5 heteroatoms. The number of allylic oxidation sites excluding steroid dienone is 1. The second-order valence-electron chi connectivity index (χ2n) is 4.79. The van der Waals surface area contributed by atoms with Gasteiger partial charge in [0.15, 0.2) is 6.61 Å². The van der Waals surface area contributed by atoms with Crippen LogP contribution in [-0.2, 0) is 11.2 Å². The highest BCUT2D eigenvalue weighted by Gasteiger charge is 2.12. The number of rotatable bonds is 7. The van der Waals surface area contributed by atoms with Crippen LogP contribution in [0.5, 0.6) is 5.75 Å². The molecule has 2 N–H and O–H groups in total. The quantitative estimate of drug-likeness (QED) is 0.770. The molecule has 0 spiro atoms. The molecule has 0 aliphatic carbocycles. The zero-order valence-corrected chi connectivity index (χ0v) is 12.5. The molecule has 0 radical (unpaired) electrons. The summed E-state index contributed by atoms with van der Waals surface area (Å²) < 4.78 is 5.52. The van der Waals surface area contributed by atoms with Crippen molar-refractivity contribution in [3.63, 3.8) is 0 Å². The fraction of sp³-hybridized carbons (Fsp3) is 0.111. The first kappa shape index (κ1) is 16.3. The molecular formula is C18H17NO4. The summed E-state index contributed by atoms with van der Waals surface area (Å²) in [6, 6.07) is 13.6. The van der Waals surface area contributed by atoms with Crippen LogP contribution >= 0.6 is 0 Å². The largest absolute Gasteiger partial charge is 0.483 e. The summed E-state index contributed by atoms with van der Waals surface area (Å²) in [5.74, 6) is -0.917. The van der Waals surface area contributed by atoms with Crippen molar-refractivity contribution >= 4 is 17.6 Å². The number of hydrogen-bond donors (Lipinski definition) is 2. The van der Waals surface area contributed by atoms with Crippen LogP contribution in [0.25, 0.3) is 0 Å². The van der Waals surface area contributed by atoms with Crippen LogP contribution < -0.4 is 10.1 Å². The topological polar surface area (TPSA) is 75.6 Å². The number of amides is 1. The number of benzene rings is 2. The van der Waals surface area contributed by atoms with Crippen LogP contribution in [0.2, 0.25) is 0 Å². The van der Waals surface area contributed by atoms with Gasteiger partial charge in [0.25, 0.3) is 5.91 Å². The Morgan fingerprint density at radius 1 is 1.13 bits per heavy atom. The summed E-state index contributed by atoms with van der Waals surface area (Å²) in [7, 11) is 0. The van der Waals surface area contributed by atoms with Gasteiger partial charge in [0, 0.05) is 0 Å². The molecule has 1 amide bonds. The van der Waals surface area contributed by atoms with Crippen LogP contribution in [-0.4, -0.2) is 23.6 Å². The Kier molecular flexibility index (Phi) is 5.52. The Bertz CT molecular complexity index is 724. The van der Waals surface area contributed by atoms with Gasteiger partial charge in [-0.05, 0) is 30.2 Å². The van der Waals surface area contributed by atoms with Gasteiger partial charge < -0.3 is 15.2 Å². The van der Waals surface area contributed by atoms with Crippen molar-refractivity contribution in [2.24, 2.45) is 0 Å². The molecule has 5 nitrogen and oxygen atoms in total. The van der Waals surface area contributed by atoms with Gasteiger partial charge in [-0.3, -0.25) is 4.79 Å². The fourth-order valence-electron chi connectivity index (χ4n) is 2.08. The van der Waals surface area contributed by atoms with E-state index in [1.165, 1.54) is 12.1 Å². The minimum absolute atomic E-state index is 0.0351. The molecule has 0 aliphatic rings. The molecular weight excluding hydrogens is 294 g/mol. The molecule has 0 aliphatic heterocycles. The van der Waals surface area contributed by atoms with E-state index in [-0.39, 0.29) is 17.9 Å². The summed E-state index contributed by atoms with van der Waals surface area (Å²) in [6.45, 7) is 3.48. The number of carbonyl (C=O) groups excluding carboxylic acids is 1. The summed E-state index contributed by atoms with van der Waals surface area (Å²) in [5.41, 5.74) is 1.21. The lowest BCUT2D eigenvalue weighted by Crippen LogP contribution is -2.21. The van der Waals surface area contributed by atoms with E-state index >= 15 is 0 Å². The fourth-order valence-corrected chi connectivity index (χ4v) is 2.08. The van der Waals surface area contributed by atoms with E-state index in [1.54, 1.807) is 24.3 Å². The number of aromatic carboxylic acids is 1. The Balaban J connectivity index is 2.01. The molecule has 0 saturated heterocycles. The smallest absolute Gasteiger partial charge is 0.337 e. The molecule has 0 bridgehead atoms. The van der Waals surface area contributed by atoms with E-state index in [4.69, 9.17) is 9.84 Å². The number of ether oxygens (including phenoxy) is 1. The molecule has 0 fully saturated rings. The minimum atomic E-state index is -1.10. The molecule has 0 saturated carbocycles. The van der Waals surface area contributed by atoms with Gasteiger partial charge >= 0.3 is 5.97 Å². The SMILES string of the molecule is C=CCc1ccccc1OCC(=O)Nc1ccccc1C(=O)O. The predicted octanol–water partition coefficient (Wildman–Crippen LogP) is 3.13. The summed E-state index contributed by atoms with van der Waals surface area (Å²) in [6.07, 6.45) is 2.39. The van der Waals surface area contributed by atoms with Gasteiger partial charge in [-0.25, -0.2) is 4.79 Å². The zero-order chi connectivity index (χ0) is 16.7. The first-order valence-corrected chi connectivity index (χ1v) is 7.05. The molecule has 2 aromatic rings. The number of hydrogen-bond acceptors (Lipinski definition) is 3. The van der Waals surface area contributed by atoms with E-state index in [2.05, 4.69) is 11.9 Å². The normalized spacial score (nSPS) is 9.91.